The van der Waals surface area contributed by atoms with E-state index in [9.17, 15) is 0 Å². The molecule has 0 amide bonds. The van der Waals surface area contributed by atoms with Crippen molar-refractivity contribution in [2.75, 3.05) is 6.61 Å². The maximum absolute atomic E-state index is 8.69. The number of furan rings is 1. The summed E-state index contributed by atoms with van der Waals surface area (Å²) in [4.78, 5) is 4.14. The van der Waals surface area contributed by atoms with Crippen LogP contribution in [0.15, 0.2) is 31.9 Å². The Bertz CT molecular complexity index is 421. The normalized spacial score (nSPS) is 10.7. The predicted molar refractivity (Wildman–Crippen MR) is 52.7 cm³/mol. The smallest absolute Gasteiger partial charge is 0.263 e. The van der Waals surface area contributed by atoms with Crippen LogP contribution in [-0.2, 0) is 6.42 Å². The van der Waals surface area contributed by atoms with Gasteiger partial charge in [0.2, 0.25) is 0 Å². The van der Waals surface area contributed by atoms with Crippen molar-refractivity contribution in [3.05, 3.63) is 28.8 Å². The summed E-state index contributed by atoms with van der Waals surface area (Å²) in [6.07, 6.45) is 2.01. The van der Waals surface area contributed by atoms with Gasteiger partial charge in [0, 0.05) is 13.0 Å². The second kappa shape index (κ2) is 3.98. The Labute approximate surface area is 88.7 Å². The Kier molecular flexibility index (Phi) is 2.69. The summed E-state index contributed by atoms with van der Waals surface area (Å²) in [6, 6.07) is 3.53. The van der Waals surface area contributed by atoms with Crippen LogP contribution in [0, 0.1) is 0 Å². The van der Waals surface area contributed by atoms with Crippen LogP contribution in [0.4, 0.5) is 0 Å². The van der Waals surface area contributed by atoms with E-state index in [1.54, 1.807) is 12.1 Å². The van der Waals surface area contributed by atoms with Crippen LogP contribution in [0.1, 0.15) is 5.69 Å². The van der Waals surface area contributed by atoms with Gasteiger partial charge in [-0.2, -0.15) is 0 Å². The SMILES string of the molecule is OCCc1coc(-c2ccc(Br)o2)n1. The highest BCUT2D eigenvalue weighted by molar-refractivity contribution is 9.10. The quantitative estimate of drug-likeness (QED) is 0.917. The highest BCUT2D eigenvalue weighted by Crippen LogP contribution is 2.24. The predicted octanol–water partition coefficient (Wildman–Crippen LogP) is 2.23. The molecule has 0 bridgehead atoms. The van der Waals surface area contributed by atoms with E-state index in [0.717, 1.165) is 5.69 Å². The molecule has 5 heteroatoms. The maximum Gasteiger partial charge on any atom is 0.263 e. The molecule has 4 nitrogen and oxygen atoms in total. The molecule has 0 unspecified atom stereocenters. The highest BCUT2D eigenvalue weighted by Gasteiger charge is 2.09. The van der Waals surface area contributed by atoms with E-state index in [4.69, 9.17) is 13.9 Å². The average Bonchev–Trinajstić information content (AvgIpc) is 2.74. The van der Waals surface area contributed by atoms with Crippen molar-refractivity contribution in [3.8, 4) is 11.7 Å². The average molecular weight is 258 g/mol. The molecule has 0 aliphatic rings. The number of aliphatic hydroxyl groups excluding tert-OH is 1. The Hall–Kier alpha value is -1.07. The van der Waals surface area contributed by atoms with E-state index in [1.807, 2.05) is 0 Å². The first-order valence-corrected chi connectivity index (χ1v) is 4.90. The molecule has 14 heavy (non-hydrogen) atoms. The standard InChI is InChI=1S/C9H8BrNO3/c10-8-2-1-7(14-8)9-11-6(3-4-12)5-13-9/h1-2,5,12H,3-4H2. The number of aliphatic hydroxyl groups is 1. The molecule has 0 saturated carbocycles. The molecule has 2 aromatic rings. The summed E-state index contributed by atoms with van der Waals surface area (Å²) < 4.78 is 11.1. The largest absolute Gasteiger partial charge is 0.444 e. The molecule has 0 aliphatic heterocycles. The number of rotatable bonds is 3. The van der Waals surface area contributed by atoms with Gasteiger partial charge in [-0.3, -0.25) is 0 Å². The van der Waals surface area contributed by atoms with E-state index in [-0.39, 0.29) is 6.61 Å². The minimum Gasteiger partial charge on any atom is -0.444 e. The second-order valence-electron chi connectivity index (χ2n) is 2.72. The van der Waals surface area contributed by atoms with Gasteiger partial charge in [-0.15, -0.1) is 0 Å². The molecular formula is C9H8BrNO3. The first-order valence-electron chi connectivity index (χ1n) is 4.10. The van der Waals surface area contributed by atoms with Gasteiger partial charge < -0.3 is 13.9 Å². The lowest BCUT2D eigenvalue weighted by Gasteiger charge is -1.87. The van der Waals surface area contributed by atoms with E-state index in [2.05, 4.69) is 20.9 Å². The lowest BCUT2D eigenvalue weighted by atomic mass is 10.3. The summed E-state index contributed by atoms with van der Waals surface area (Å²) in [6.45, 7) is 0.0633. The van der Waals surface area contributed by atoms with Crippen LogP contribution in [0.3, 0.4) is 0 Å². The zero-order valence-corrected chi connectivity index (χ0v) is 8.82. The van der Waals surface area contributed by atoms with E-state index in [1.165, 1.54) is 6.26 Å². The molecule has 0 atom stereocenters. The summed E-state index contributed by atoms with van der Waals surface area (Å²) in [5.74, 6) is 1.00. The number of hydrogen-bond acceptors (Lipinski definition) is 4. The summed E-state index contributed by atoms with van der Waals surface area (Å²) in [7, 11) is 0. The van der Waals surface area contributed by atoms with Gasteiger partial charge in [-0.1, -0.05) is 0 Å². The van der Waals surface area contributed by atoms with E-state index < -0.39 is 0 Å². The van der Waals surface area contributed by atoms with Gasteiger partial charge >= 0.3 is 0 Å². The maximum atomic E-state index is 8.69. The zero-order chi connectivity index (χ0) is 9.97. The van der Waals surface area contributed by atoms with Crippen LogP contribution in [0.5, 0.6) is 0 Å². The number of hydrogen-bond donors (Lipinski definition) is 1. The second-order valence-corrected chi connectivity index (χ2v) is 3.50. The first-order chi connectivity index (χ1) is 6.79. The van der Waals surface area contributed by atoms with Gasteiger partial charge in [-0.05, 0) is 28.1 Å². The van der Waals surface area contributed by atoms with Crippen LogP contribution in [0.25, 0.3) is 11.7 Å². The molecule has 2 aromatic heterocycles. The molecule has 74 valence electrons. The molecule has 1 N–H and O–H groups in total. The van der Waals surface area contributed by atoms with Gasteiger partial charge in [0.05, 0.1) is 5.69 Å². The van der Waals surface area contributed by atoms with Gasteiger partial charge in [0.15, 0.2) is 10.4 Å². The van der Waals surface area contributed by atoms with Crippen molar-refractivity contribution in [2.45, 2.75) is 6.42 Å². The van der Waals surface area contributed by atoms with E-state index in [0.29, 0.717) is 22.7 Å². The Morgan fingerprint density at radius 2 is 2.29 bits per heavy atom. The number of halogens is 1. The molecule has 0 radical (unpaired) electrons. The van der Waals surface area contributed by atoms with Crippen LogP contribution in [-0.4, -0.2) is 16.7 Å². The highest BCUT2D eigenvalue weighted by atomic mass is 79.9. The van der Waals surface area contributed by atoms with Crippen molar-refractivity contribution in [3.63, 3.8) is 0 Å². The first kappa shape index (κ1) is 9.48. The van der Waals surface area contributed by atoms with Gasteiger partial charge in [0.1, 0.15) is 6.26 Å². The Morgan fingerprint density at radius 1 is 1.43 bits per heavy atom. The third-order valence-electron chi connectivity index (χ3n) is 1.70. The van der Waals surface area contributed by atoms with Gasteiger partial charge in [0.25, 0.3) is 5.89 Å². The fraction of sp³-hybridized carbons (Fsp3) is 0.222. The lowest BCUT2D eigenvalue weighted by molar-refractivity contribution is 0.298. The summed E-state index contributed by atoms with van der Waals surface area (Å²) in [5.41, 5.74) is 0.718. The van der Waals surface area contributed by atoms with Crippen LogP contribution < -0.4 is 0 Å². The van der Waals surface area contributed by atoms with Crippen molar-refractivity contribution in [1.82, 2.24) is 4.98 Å². The lowest BCUT2D eigenvalue weighted by Crippen LogP contribution is -1.89. The summed E-state index contributed by atoms with van der Waals surface area (Å²) >= 11 is 3.19. The fourth-order valence-electron chi connectivity index (χ4n) is 1.08. The van der Waals surface area contributed by atoms with E-state index >= 15 is 0 Å². The molecule has 2 heterocycles. The monoisotopic (exact) mass is 257 g/mol. The Balaban J connectivity index is 2.24. The number of oxazole rings is 1. The molecular weight excluding hydrogens is 250 g/mol. The zero-order valence-electron chi connectivity index (χ0n) is 7.24. The summed E-state index contributed by atoms with van der Waals surface area (Å²) in [5, 5.41) is 8.69. The van der Waals surface area contributed by atoms with Crippen molar-refractivity contribution >= 4 is 15.9 Å². The Morgan fingerprint density at radius 3 is 2.93 bits per heavy atom. The minimum absolute atomic E-state index is 0.0633. The van der Waals surface area contributed by atoms with Crippen molar-refractivity contribution in [1.29, 1.82) is 0 Å². The molecule has 0 saturated heterocycles. The molecule has 0 aliphatic carbocycles. The molecule has 0 spiro atoms. The van der Waals surface area contributed by atoms with Crippen molar-refractivity contribution < 1.29 is 13.9 Å². The topological polar surface area (TPSA) is 59.4 Å². The van der Waals surface area contributed by atoms with Crippen LogP contribution in [0.2, 0.25) is 0 Å². The number of nitrogens with zero attached hydrogens (tertiary/aromatic N) is 1. The van der Waals surface area contributed by atoms with Crippen LogP contribution >= 0.6 is 15.9 Å². The molecule has 2 rings (SSSR count). The molecule has 0 fully saturated rings. The van der Waals surface area contributed by atoms with Crippen molar-refractivity contribution in [2.24, 2.45) is 0 Å². The minimum atomic E-state index is 0.0633. The molecule has 0 aromatic carbocycles. The number of aromatic nitrogens is 1. The third-order valence-corrected chi connectivity index (χ3v) is 2.13. The third kappa shape index (κ3) is 1.88. The fourth-order valence-corrected chi connectivity index (χ4v) is 1.39. The van der Waals surface area contributed by atoms with Gasteiger partial charge in [-0.25, -0.2) is 4.98 Å².